The Balaban J connectivity index is 2.54. The minimum absolute atomic E-state index is 0.152. The van der Waals surface area contributed by atoms with Crippen molar-refractivity contribution in [3.63, 3.8) is 0 Å². The van der Waals surface area contributed by atoms with Gasteiger partial charge >= 0.3 is 0 Å². The molecule has 0 saturated carbocycles. The second kappa shape index (κ2) is 4.26. The van der Waals surface area contributed by atoms with E-state index in [-0.39, 0.29) is 5.54 Å². The van der Waals surface area contributed by atoms with Crippen LogP contribution in [0.15, 0.2) is 0 Å². The van der Waals surface area contributed by atoms with Crippen LogP contribution in [0.4, 0.5) is 4.39 Å². The molecule has 3 heteroatoms. The standard InChI is InChI=1S/C13H27FN2/c1-11(2,3)16-8-6-13(14,7-9-16)10-12(4,5)15/h6-10,15H2,1-5H3. The molecule has 2 nitrogen and oxygen atoms in total. The van der Waals surface area contributed by atoms with E-state index in [1.54, 1.807) is 0 Å². The molecule has 1 rings (SSSR count). The maximum absolute atomic E-state index is 14.5. The lowest BCUT2D eigenvalue weighted by atomic mass is 9.81. The van der Waals surface area contributed by atoms with Gasteiger partial charge in [0.2, 0.25) is 0 Å². The molecule has 1 fully saturated rings. The van der Waals surface area contributed by atoms with Gasteiger partial charge in [-0.15, -0.1) is 0 Å². The van der Waals surface area contributed by atoms with Gasteiger partial charge in [0.25, 0.3) is 0 Å². The van der Waals surface area contributed by atoms with E-state index < -0.39 is 11.2 Å². The van der Waals surface area contributed by atoms with Crippen LogP contribution in [-0.2, 0) is 0 Å². The van der Waals surface area contributed by atoms with Crippen molar-refractivity contribution in [1.82, 2.24) is 4.90 Å². The van der Waals surface area contributed by atoms with E-state index in [1.807, 2.05) is 13.8 Å². The average molecular weight is 230 g/mol. The predicted octanol–water partition coefficient (Wildman–Crippen LogP) is 2.72. The van der Waals surface area contributed by atoms with Crippen LogP contribution in [0.1, 0.15) is 53.9 Å². The topological polar surface area (TPSA) is 29.3 Å². The Kier molecular flexibility index (Phi) is 3.71. The second-order valence-corrected chi connectivity index (χ2v) is 6.97. The van der Waals surface area contributed by atoms with Crippen LogP contribution in [0.3, 0.4) is 0 Å². The molecule has 0 spiro atoms. The van der Waals surface area contributed by atoms with E-state index >= 15 is 0 Å². The Morgan fingerprint density at radius 3 is 1.88 bits per heavy atom. The van der Waals surface area contributed by atoms with Crippen molar-refractivity contribution in [2.75, 3.05) is 13.1 Å². The highest BCUT2D eigenvalue weighted by Crippen LogP contribution is 2.35. The number of halogens is 1. The van der Waals surface area contributed by atoms with Crippen LogP contribution in [0, 0.1) is 0 Å². The van der Waals surface area contributed by atoms with Gasteiger partial charge in [0.05, 0.1) is 0 Å². The first kappa shape index (κ1) is 13.9. The number of nitrogens with two attached hydrogens (primary N) is 1. The van der Waals surface area contributed by atoms with Gasteiger partial charge in [-0.25, -0.2) is 4.39 Å². The third-order valence-electron chi connectivity index (χ3n) is 3.38. The quantitative estimate of drug-likeness (QED) is 0.790. The summed E-state index contributed by atoms with van der Waals surface area (Å²) in [5.74, 6) is 0. The van der Waals surface area contributed by atoms with E-state index in [2.05, 4.69) is 25.7 Å². The molecule has 0 atom stereocenters. The summed E-state index contributed by atoms with van der Waals surface area (Å²) >= 11 is 0. The monoisotopic (exact) mass is 230 g/mol. The van der Waals surface area contributed by atoms with Crippen LogP contribution in [0.2, 0.25) is 0 Å². The van der Waals surface area contributed by atoms with E-state index in [1.165, 1.54) is 0 Å². The largest absolute Gasteiger partial charge is 0.325 e. The number of hydrogen-bond donors (Lipinski definition) is 1. The van der Waals surface area contributed by atoms with Crippen LogP contribution in [-0.4, -0.2) is 34.7 Å². The first-order chi connectivity index (χ1) is 7.02. The molecule has 0 amide bonds. The van der Waals surface area contributed by atoms with Crippen LogP contribution >= 0.6 is 0 Å². The molecule has 0 unspecified atom stereocenters. The minimum atomic E-state index is -1.06. The summed E-state index contributed by atoms with van der Waals surface area (Å²) in [6.45, 7) is 12.1. The third-order valence-corrected chi connectivity index (χ3v) is 3.38. The highest BCUT2D eigenvalue weighted by molar-refractivity contribution is 4.94. The summed E-state index contributed by atoms with van der Waals surface area (Å²) in [7, 11) is 0. The molecule has 0 aliphatic carbocycles. The molecule has 1 heterocycles. The normalized spacial score (nSPS) is 23.4. The highest BCUT2D eigenvalue weighted by atomic mass is 19.1. The summed E-state index contributed by atoms with van der Waals surface area (Å²) in [5, 5.41) is 0. The molecule has 16 heavy (non-hydrogen) atoms. The Bertz CT molecular complexity index is 229. The summed E-state index contributed by atoms with van der Waals surface area (Å²) < 4.78 is 14.5. The number of nitrogens with zero attached hydrogens (tertiary/aromatic N) is 1. The molecular formula is C13H27FN2. The zero-order chi connectivity index (χ0) is 12.6. The third kappa shape index (κ3) is 4.02. The van der Waals surface area contributed by atoms with Crippen molar-refractivity contribution in [2.45, 2.75) is 70.6 Å². The molecule has 0 aromatic rings. The van der Waals surface area contributed by atoms with Crippen molar-refractivity contribution < 1.29 is 4.39 Å². The first-order valence-corrected chi connectivity index (χ1v) is 6.25. The lowest BCUT2D eigenvalue weighted by molar-refractivity contribution is 0.00282. The number of piperidine rings is 1. The molecule has 1 aliphatic heterocycles. The predicted molar refractivity (Wildman–Crippen MR) is 67.3 cm³/mol. The van der Waals surface area contributed by atoms with Gasteiger partial charge in [0, 0.05) is 24.2 Å². The molecule has 1 aliphatic rings. The van der Waals surface area contributed by atoms with Gasteiger partial charge in [0.15, 0.2) is 0 Å². The van der Waals surface area contributed by atoms with E-state index in [0.29, 0.717) is 19.3 Å². The number of alkyl halides is 1. The van der Waals surface area contributed by atoms with Crippen LogP contribution in [0.25, 0.3) is 0 Å². The maximum Gasteiger partial charge on any atom is 0.115 e. The summed E-state index contributed by atoms with van der Waals surface area (Å²) in [6, 6.07) is 0. The molecular weight excluding hydrogens is 203 g/mol. The summed E-state index contributed by atoms with van der Waals surface area (Å²) in [6.07, 6.45) is 1.70. The van der Waals surface area contributed by atoms with E-state index in [0.717, 1.165) is 13.1 Å². The van der Waals surface area contributed by atoms with Crippen LogP contribution < -0.4 is 5.73 Å². The Labute approximate surface area is 99.4 Å². The molecule has 0 radical (unpaired) electrons. The average Bonchev–Trinajstić information content (AvgIpc) is 1.98. The zero-order valence-corrected chi connectivity index (χ0v) is 11.4. The molecule has 96 valence electrons. The summed E-state index contributed by atoms with van der Waals surface area (Å²) in [5.41, 5.74) is 4.61. The number of likely N-dealkylation sites (tertiary alicyclic amines) is 1. The fourth-order valence-corrected chi connectivity index (χ4v) is 2.57. The van der Waals surface area contributed by atoms with Gasteiger partial charge in [-0.3, -0.25) is 4.90 Å². The van der Waals surface area contributed by atoms with Gasteiger partial charge in [-0.1, -0.05) is 0 Å². The van der Waals surface area contributed by atoms with Crippen LogP contribution in [0.5, 0.6) is 0 Å². The summed E-state index contributed by atoms with van der Waals surface area (Å²) in [4.78, 5) is 2.36. The van der Waals surface area contributed by atoms with Crippen molar-refractivity contribution in [3.05, 3.63) is 0 Å². The van der Waals surface area contributed by atoms with E-state index in [4.69, 9.17) is 5.73 Å². The van der Waals surface area contributed by atoms with Gasteiger partial charge < -0.3 is 5.73 Å². The maximum atomic E-state index is 14.5. The Hall–Kier alpha value is -0.150. The Morgan fingerprint density at radius 2 is 1.56 bits per heavy atom. The lowest BCUT2D eigenvalue weighted by Gasteiger charge is -2.44. The molecule has 0 aromatic heterocycles. The fourth-order valence-electron chi connectivity index (χ4n) is 2.57. The van der Waals surface area contributed by atoms with Gasteiger partial charge in [-0.05, 0) is 53.9 Å². The van der Waals surface area contributed by atoms with Crippen molar-refractivity contribution in [2.24, 2.45) is 5.73 Å². The Morgan fingerprint density at radius 1 is 1.12 bits per heavy atom. The van der Waals surface area contributed by atoms with Crippen molar-refractivity contribution in [1.29, 1.82) is 0 Å². The van der Waals surface area contributed by atoms with Crippen molar-refractivity contribution in [3.8, 4) is 0 Å². The number of rotatable bonds is 2. The smallest absolute Gasteiger partial charge is 0.115 e. The van der Waals surface area contributed by atoms with Gasteiger partial charge in [0.1, 0.15) is 5.67 Å². The second-order valence-electron chi connectivity index (χ2n) is 6.97. The number of hydrogen-bond acceptors (Lipinski definition) is 2. The molecule has 2 N–H and O–H groups in total. The van der Waals surface area contributed by atoms with Crippen molar-refractivity contribution >= 4 is 0 Å². The highest BCUT2D eigenvalue weighted by Gasteiger charge is 2.40. The molecule has 0 aromatic carbocycles. The fraction of sp³-hybridized carbons (Fsp3) is 1.00. The zero-order valence-electron chi connectivity index (χ0n) is 11.4. The SMILES string of the molecule is CC(C)(N)CC1(F)CCN(C(C)(C)C)CC1. The first-order valence-electron chi connectivity index (χ1n) is 6.25. The molecule has 0 bridgehead atoms. The van der Waals surface area contributed by atoms with E-state index in [9.17, 15) is 4.39 Å². The van der Waals surface area contributed by atoms with Gasteiger partial charge in [-0.2, -0.15) is 0 Å². The minimum Gasteiger partial charge on any atom is -0.325 e. The lowest BCUT2D eigenvalue weighted by Crippen LogP contribution is -2.52. The molecule has 1 saturated heterocycles.